The van der Waals surface area contributed by atoms with E-state index < -0.39 is 0 Å². The Labute approximate surface area is 222 Å². The molecule has 0 saturated heterocycles. The predicted octanol–water partition coefficient (Wildman–Crippen LogP) is 10.0. The van der Waals surface area contributed by atoms with Crippen molar-refractivity contribution in [3.63, 3.8) is 0 Å². The molecule has 3 aromatic heterocycles. The first-order chi connectivity index (χ1) is 18.9. The van der Waals surface area contributed by atoms with E-state index in [0.717, 1.165) is 4.83 Å². The molecule has 0 amide bonds. The molecule has 0 aliphatic rings. The summed E-state index contributed by atoms with van der Waals surface area (Å²) in [6.45, 7) is 0. The number of pyridine rings is 1. The molecule has 0 saturated carbocycles. The van der Waals surface area contributed by atoms with Crippen LogP contribution in [0.1, 0.15) is 0 Å². The Kier molecular flexibility index (Phi) is 3.96. The summed E-state index contributed by atoms with van der Waals surface area (Å²) in [5.41, 5.74) is 3.67. The molecule has 0 unspecified atom stereocenters. The molecule has 6 aromatic carbocycles. The average Bonchev–Trinajstić information content (AvgIpc) is 3.53. The van der Waals surface area contributed by atoms with E-state index in [2.05, 4.69) is 114 Å². The maximum absolute atomic E-state index is 4.69. The van der Waals surface area contributed by atoms with Crippen LogP contribution in [0, 0.1) is 0 Å². The molecule has 3 heteroatoms. The fourth-order valence-corrected chi connectivity index (χ4v) is 7.60. The average molecular weight is 501 g/mol. The van der Waals surface area contributed by atoms with Crippen LogP contribution in [-0.4, -0.2) is 9.55 Å². The summed E-state index contributed by atoms with van der Waals surface area (Å²) < 4.78 is 3.75. The number of hydrogen-bond donors (Lipinski definition) is 0. The second-order valence-electron chi connectivity index (χ2n) is 9.97. The number of para-hydroxylation sites is 1. The largest absolute Gasteiger partial charge is 0.308 e. The lowest BCUT2D eigenvalue weighted by molar-refractivity contribution is 1.19. The maximum Gasteiger partial charge on any atom is 0.124 e. The van der Waals surface area contributed by atoms with E-state index >= 15 is 0 Å². The molecule has 9 rings (SSSR count). The van der Waals surface area contributed by atoms with Gasteiger partial charge < -0.3 is 4.57 Å². The first-order valence-corrected chi connectivity index (χ1v) is 13.7. The summed E-state index contributed by atoms with van der Waals surface area (Å²) in [7, 11) is 0. The number of aromatic nitrogens is 2. The molecule has 0 aliphatic heterocycles. The number of rotatable bonds is 1. The lowest BCUT2D eigenvalue weighted by atomic mass is 9.94. The van der Waals surface area contributed by atoms with Crippen molar-refractivity contribution in [1.29, 1.82) is 0 Å². The molecule has 38 heavy (non-hydrogen) atoms. The summed E-state index contributed by atoms with van der Waals surface area (Å²) in [6, 6.07) is 42.1. The number of nitrogens with zero attached hydrogens (tertiary/aromatic N) is 2. The van der Waals surface area contributed by atoms with E-state index in [9.17, 15) is 0 Å². The Morgan fingerprint density at radius 2 is 1.05 bits per heavy atom. The quantitative estimate of drug-likeness (QED) is 0.205. The van der Waals surface area contributed by atoms with Crippen LogP contribution in [0.2, 0.25) is 0 Å². The van der Waals surface area contributed by atoms with Crippen LogP contribution in [0.4, 0.5) is 0 Å². The number of thiophene rings is 1. The zero-order chi connectivity index (χ0) is 24.8. The van der Waals surface area contributed by atoms with Crippen LogP contribution >= 0.6 is 11.3 Å². The van der Waals surface area contributed by atoms with Crippen LogP contribution in [0.5, 0.6) is 0 Å². The standard InChI is InChI=1S/C35H20N2S/c1-2-10-24-22(8-1)23-9-3-4-11-25(23)31-20-21(15-16-26(24)31)37-32-14-6-5-12-27(32)28-17-18-29-30-13-7-19-36-35(30)38-34(29)33(28)37/h1-20H. The van der Waals surface area contributed by atoms with Gasteiger partial charge in [0.15, 0.2) is 0 Å². The smallest absolute Gasteiger partial charge is 0.124 e. The highest BCUT2D eigenvalue weighted by Crippen LogP contribution is 2.43. The van der Waals surface area contributed by atoms with E-state index in [4.69, 9.17) is 4.98 Å². The third kappa shape index (κ3) is 2.59. The highest BCUT2D eigenvalue weighted by Gasteiger charge is 2.18. The van der Waals surface area contributed by atoms with Crippen molar-refractivity contribution in [2.24, 2.45) is 0 Å². The molecule has 176 valence electrons. The second-order valence-corrected chi connectivity index (χ2v) is 11.0. The molecular weight excluding hydrogens is 480 g/mol. The van der Waals surface area contributed by atoms with Gasteiger partial charge in [-0.25, -0.2) is 4.98 Å². The molecule has 0 aliphatic carbocycles. The van der Waals surface area contributed by atoms with Gasteiger partial charge in [-0.1, -0.05) is 84.9 Å². The van der Waals surface area contributed by atoms with Gasteiger partial charge >= 0.3 is 0 Å². The van der Waals surface area contributed by atoms with Crippen molar-refractivity contribution in [1.82, 2.24) is 9.55 Å². The zero-order valence-electron chi connectivity index (χ0n) is 20.3. The molecule has 0 fully saturated rings. The lowest BCUT2D eigenvalue weighted by Crippen LogP contribution is -1.94. The topological polar surface area (TPSA) is 17.8 Å². The van der Waals surface area contributed by atoms with E-state index in [-0.39, 0.29) is 0 Å². The van der Waals surface area contributed by atoms with E-state index in [1.807, 2.05) is 12.3 Å². The Hall–Kier alpha value is -4.73. The second kappa shape index (κ2) is 7.41. The number of hydrogen-bond acceptors (Lipinski definition) is 2. The van der Waals surface area contributed by atoms with Gasteiger partial charge in [-0.2, -0.15) is 0 Å². The summed E-state index contributed by atoms with van der Waals surface area (Å²) >= 11 is 1.79. The van der Waals surface area contributed by atoms with Gasteiger partial charge in [0, 0.05) is 33.4 Å². The van der Waals surface area contributed by atoms with Gasteiger partial charge in [0.1, 0.15) is 4.83 Å². The van der Waals surface area contributed by atoms with Crippen molar-refractivity contribution in [3.8, 4) is 5.69 Å². The van der Waals surface area contributed by atoms with E-state index in [1.54, 1.807) is 11.3 Å². The summed E-state index contributed by atoms with van der Waals surface area (Å²) in [5, 5.41) is 12.8. The van der Waals surface area contributed by atoms with Crippen LogP contribution in [0.3, 0.4) is 0 Å². The summed E-state index contributed by atoms with van der Waals surface area (Å²) in [6.07, 6.45) is 1.89. The highest BCUT2D eigenvalue weighted by molar-refractivity contribution is 7.26. The Balaban J connectivity index is 1.48. The molecule has 0 atom stereocenters. The number of benzene rings is 6. The summed E-state index contributed by atoms with van der Waals surface area (Å²) in [5.74, 6) is 0. The molecule has 9 aromatic rings. The maximum atomic E-state index is 4.69. The highest BCUT2D eigenvalue weighted by atomic mass is 32.1. The third-order valence-corrected chi connectivity index (χ3v) is 9.17. The minimum absolute atomic E-state index is 1.09. The van der Waals surface area contributed by atoms with Gasteiger partial charge in [-0.3, -0.25) is 0 Å². The fraction of sp³-hybridized carbons (Fsp3) is 0. The van der Waals surface area contributed by atoms with Crippen molar-refractivity contribution in [2.75, 3.05) is 0 Å². The Bertz CT molecular complexity index is 2370. The molecule has 0 spiro atoms. The van der Waals surface area contributed by atoms with E-state index in [1.165, 1.54) is 75.3 Å². The van der Waals surface area contributed by atoms with Gasteiger partial charge in [-0.05, 0) is 62.6 Å². The van der Waals surface area contributed by atoms with Crippen LogP contribution in [0.15, 0.2) is 121 Å². The van der Waals surface area contributed by atoms with Crippen molar-refractivity contribution < 1.29 is 0 Å². The number of fused-ring (bicyclic) bond motifs is 13. The molecular formula is C35H20N2S. The van der Waals surface area contributed by atoms with Crippen molar-refractivity contribution in [2.45, 2.75) is 0 Å². The van der Waals surface area contributed by atoms with Gasteiger partial charge in [0.25, 0.3) is 0 Å². The van der Waals surface area contributed by atoms with Crippen LogP contribution in [-0.2, 0) is 0 Å². The van der Waals surface area contributed by atoms with Crippen LogP contribution < -0.4 is 0 Å². The molecule has 0 radical (unpaired) electrons. The lowest BCUT2D eigenvalue weighted by Gasteiger charge is -2.14. The van der Waals surface area contributed by atoms with Crippen molar-refractivity contribution in [3.05, 3.63) is 121 Å². The van der Waals surface area contributed by atoms with Gasteiger partial charge in [0.05, 0.1) is 15.7 Å². The first kappa shape index (κ1) is 20.3. The van der Waals surface area contributed by atoms with Gasteiger partial charge in [-0.15, -0.1) is 11.3 Å². The Morgan fingerprint density at radius 3 is 1.82 bits per heavy atom. The first-order valence-electron chi connectivity index (χ1n) is 12.9. The minimum Gasteiger partial charge on any atom is -0.308 e. The van der Waals surface area contributed by atoms with Crippen LogP contribution in [0.25, 0.3) is 80.1 Å². The third-order valence-electron chi connectivity index (χ3n) is 8.04. The monoisotopic (exact) mass is 500 g/mol. The minimum atomic E-state index is 1.09. The zero-order valence-corrected chi connectivity index (χ0v) is 21.2. The van der Waals surface area contributed by atoms with E-state index in [0.29, 0.717) is 0 Å². The molecule has 2 nitrogen and oxygen atoms in total. The van der Waals surface area contributed by atoms with Crippen molar-refractivity contribution >= 4 is 85.8 Å². The molecule has 0 N–H and O–H groups in total. The Morgan fingerprint density at radius 1 is 0.474 bits per heavy atom. The predicted molar refractivity (Wildman–Crippen MR) is 164 cm³/mol. The molecule has 0 bridgehead atoms. The van der Waals surface area contributed by atoms with Gasteiger partial charge in [0.2, 0.25) is 0 Å². The summed E-state index contributed by atoms with van der Waals surface area (Å²) in [4.78, 5) is 5.78. The fourth-order valence-electron chi connectivity index (χ4n) is 6.42. The molecule has 3 heterocycles. The normalized spacial score (nSPS) is 12.2. The SMILES string of the molecule is c1cnc2sc3c(ccc4c5ccccc5n(-c5ccc6c7ccccc7c7ccccc7c6c5)c43)c2c1.